The first-order chi connectivity index (χ1) is 10.3. The average molecular weight is 339 g/mol. The van der Waals surface area contributed by atoms with Crippen molar-refractivity contribution in [2.75, 3.05) is 0 Å². The fourth-order valence-electron chi connectivity index (χ4n) is 2.90. The first-order valence-electron chi connectivity index (χ1n) is 7.25. The monoisotopic (exact) mass is 338 g/mol. The topological polar surface area (TPSA) is 9.23 Å². The van der Waals surface area contributed by atoms with Crippen molar-refractivity contribution < 1.29 is 9.13 Å². The number of ether oxygens (including phenoxy) is 1. The molecule has 0 aliphatic carbocycles. The molecule has 1 aliphatic rings. The molecule has 1 nitrogen and oxygen atoms in total. The molecule has 116 valence electrons. The van der Waals surface area contributed by atoms with Crippen molar-refractivity contribution in [3.05, 3.63) is 51.3 Å². The maximum Gasteiger partial charge on any atom is 0.131 e. The Kier molecular flexibility index (Phi) is 3.86. The van der Waals surface area contributed by atoms with Gasteiger partial charge in [0.25, 0.3) is 0 Å². The summed E-state index contributed by atoms with van der Waals surface area (Å²) < 4.78 is 19.7. The zero-order valence-corrected chi connectivity index (χ0v) is 14.3. The lowest BCUT2D eigenvalue weighted by atomic mass is 9.88. The highest BCUT2D eigenvalue weighted by Crippen LogP contribution is 2.46. The van der Waals surface area contributed by atoms with Crippen molar-refractivity contribution in [2.24, 2.45) is 0 Å². The lowest BCUT2D eigenvalue weighted by Crippen LogP contribution is -2.33. The molecule has 0 saturated carbocycles. The van der Waals surface area contributed by atoms with Crippen molar-refractivity contribution in [3.63, 3.8) is 0 Å². The summed E-state index contributed by atoms with van der Waals surface area (Å²) in [7, 11) is 0. The van der Waals surface area contributed by atoms with Gasteiger partial charge in [0, 0.05) is 11.1 Å². The molecular weight excluding hydrogens is 322 g/mol. The number of hydrogen-bond acceptors (Lipinski definition) is 1. The smallest absolute Gasteiger partial charge is 0.131 e. The van der Waals surface area contributed by atoms with E-state index in [1.165, 1.54) is 23.3 Å². The van der Waals surface area contributed by atoms with Crippen LogP contribution in [0.15, 0.2) is 24.3 Å². The van der Waals surface area contributed by atoms with Crippen LogP contribution in [0.4, 0.5) is 4.39 Å². The summed E-state index contributed by atoms with van der Waals surface area (Å²) in [6.07, 6.45) is 1.90. The Bertz CT molecular complexity index is 730. The van der Waals surface area contributed by atoms with E-state index in [9.17, 15) is 4.39 Å². The van der Waals surface area contributed by atoms with Gasteiger partial charge in [0.15, 0.2) is 0 Å². The maximum atomic E-state index is 13.5. The summed E-state index contributed by atoms with van der Waals surface area (Å²) >= 11 is 12.5. The molecule has 0 fully saturated rings. The van der Waals surface area contributed by atoms with Crippen molar-refractivity contribution in [2.45, 2.75) is 39.2 Å². The minimum Gasteiger partial charge on any atom is -0.487 e. The molecule has 1 aliphatic heterocycles. The van der Waals surface area contributed by atoms with Gasteiger partial charge in [0.1, 0.15) is 17.2 Å². The molecule has 2 aromatic carbocycles. The van der Waals surface area contributed by atoms with Gasteiger partial charge < -0.3 is 4.74 Å². The van der Waals surface area contributed by atoms with Crippen molar-refractivity contribution >= 4 is 23.2 Å². The molecule has 0 unspecified atom stereocenters. The molecule has 3 rings (SSSR count). The molecule has 0 amide bonds. The molecule has 22 heavy (non-hydrogen) atoms. The van der Waals surface area contributed by atoms with Crippen molar-refractivity contribution in [1.29, 1.82) is 0 Å². The minimum atomic E-state index is -0.444. The van der Waals surface area contributed by atoms with Crippen LogP contribution in [0.3, 0.4) is 0 Å². The van der Waals surface area contributed by atoms with Crippen LogP contribution in [-0.2, 0) is 6.42 Å². The quantitative estimate of drug-likeness (QED) is 0.600. The molecule has 0 atom stereocenters. The summed E-state index contributed by atoms with van der Waals surface area (Å²) in [5.74, 6) is 0.368. The van der Waals surface area contributed by atoms with Gasteiger partial charge in [-0.3, -0.25) is 0 Å². The number of hydrogen-bond donors (Lipinski definition) is 0. The van der Waals surface area contributed by atoms with Gasteiger partial charge in [-0.2, -0.15) is 0 Å². The molecule has 0 spiro atoms. The van der Waals surface area contributed by atoms with Crippen LogP contribution in [0.2, 0.25) is 10.0 Å². The second-order valence-electron chi connectivity index (χ2n) is 6.34. The Labute approximate surface area is 140 Å². The average Bonchev–Trinajstić information content (AvgIpc) is 2.39. The lowest BCUT2D eigenvalue weighted by molar-refractivity contribution is 0.0852. The Morgan fingerprint density at radius 1 is 1.14 bits per heavy atom. The predicted octanol–water partition coefficient (Wildman–Crippen LogP) is 6.21. The SMILES string of the molecule is Cc1ccc(-c2c(Cl)cc(F)cc2Cl)c2c1CCC(C)(C)O2. The molecule has 2 aromatic rings. The van der Waals surface area contributed by atoms with Crippen molar-refractivity contribution in [3.8, 4) is 16.9 Å². The molecule has 1 heterocycles. The summed E-state index contributed by atoms with van der Waals surface area (Å²) in [5.41, 5.74) is 3.56. The Hall–Kier alpha value is -1.25. The second-order valence-corrected chi connectivity index (χ2v) is 7.16. The summed E-state index contributed by atoms with van der Waals surface area (Å²) in [5, 5.41) is 0.589. The van der Waals surface area contributed by atoms with Crippen LogP contribution >= 0.6 is 23.2 Å². The van der Waals surface area contributed by atoms with Gasteiger partial charge in [-0.25, -0.2) is 4.39 Å². The predicted molar refractivity (Wildman–Crippen MR) is 89.6 cm³/mol. The van der Waals surface area contributed by atoms with Crippen molar-refractivity contribution in [1.82, 2.24) is 0 Å². The third-order valence-electron chi connectivity index (χ3n) is 4.13. The van der Waals surface area contributed by atoms with E-state index in [2.05, 4.69) is 20.8 Å². The first-order valence-corrected chi connectivity index (χ1v) is 8.00. The van der Waals surface area contributed by atoms with Crippen LogP contribution in [0.25, 0.3) is 11.1 Å². The zero-order chi connectivity index (χ0) is 16.1. The maximum absolute atomic E-state index is 13.5. The molecule has 0 bridgehead atoms. The highest BCUT2D eigenvalue weighted by atomic mass is 35.5. The lowest BCUT2D eigenvalue weighted by Gasteiger charge is -2.35. The van der Waals surface area contributed by atoms with Gasteiger partial charge in [-0.05, 0) is 56.9 Å². The van der Waals surface area contributed by atoms with Crippen LogP contribution < -0.4 is 4.74 Å². The largest absolute Gasteiger partial charge is 0.487 e. The standard InChI is InChI=1S/C18H17Cl2FO/c1-10-4-5-13(16-14(19)8-11(21)9-15(16)20)17-12(10)6-7-18(2,3)22-17/h4-5,8-9H,6-7H2,1-3H3. The number of halogens is 3. The van der Waals surface area contributed by atoms with E-state index in [1.54, 1.807) is 0 Å². The number of fused-ring (bicyclic) bond motifs is 1. The fourth-order valence-corrected chi connectivity index (χ4v) is 3.57. The van der Waals surface area contributed by atoms with E-state index in [-0.39, 0.29) is 5.60 Å². The second kappa shape index (κ2) is 5.43. The normalized spacial score (nSPS) is 16.1. The molecule has 0 saturated heterocycles. The molecule has 4 heteroatoms. The van der Waals surface area contributed by atoms with Gasteiger partial charge in [0.2, 0.25) is 0 Å². The third-order valence-corrected chi connectivity index (χ3v) is 4.72. The molecule has 0 aromatic heterocycles. The third kappa shape index (κ3) is 2.70. The van der Waals surface area contributed by atoms with Gasteiger partial charge >= 0.3 is 0 Å². The fraction of sp³-hybridized carbons (Fsp3) is 0.333. The zero-order valence-electron chi connectivity index (χ0n) is 12.8. The number of aryl methyl sites for hydroxylation is 1. The van der Waals surface area contributed by atoms with E-state index in [0.29, 0.717) is 15.6 Å². The van der Waals surface area contributed by atoms with E-state index < -0.39 is 5.82 Å². The van der Waals surface area contributed by atoms with E-state index in [0.717, 1.165) is 24.2 Å². The van der Waals surface area contributed by atoms with E-state index in [4.69, 9.17) is 27.9 Å². The van der Waals surface area contributed by atoms with E-state index in [1.807, 2.05) is 12.1 Å². The molecular formula is C18H17Cl2FO. The molecule has 0 radical (unpaired) electrons. The Morgan fingerprint density at radius 3 is 2.41 bits per heavy atom. The summed E-state index contributed by atoms with van der Waals surface area (Å²) in [6.45, 7) is 6.20. The van der Waals surface area contributed by atoms with Gasteiger partial charge in [-0.15, -0.1) is 0 Å². The summed E-state index contributed by atoms with van der Waals surface area (Å²) in [4.78, 5) is 0. The van der Waals surface area contributed by atoms with E-state index >= 15 is 0 Å². The highest BCUT2D eigenvalue weighted by Gasteiger charge is 2.30. The summed E-state index contributed by atoms with van der Waals surface area (Å²) in [6, 6.07) is 6.54. The Balaban J connectivity index is 2.26. The molecule has 0 N–H and O–H groups in total. The number of rotatable bonds is 1. The first kappa shape index (κ1) is 15.6. The minimum absolute atomic E-state index is 0.242. The Morgan fingerprint density at radius 2 is 1.77 bits per heavy atom. The number of benzene rings is 2. The highest BCUT2D eigenvalue weighted by molar-refractivity contribution is 6.39. The van der Waals surface area contributed by atoms with Gasteiger partial charge in [0.05, 0.1) is 10.0 Å². The van der Waals surface area contributed by atoms with Crippen LogP contribution in [0, 0.1) is 12.7 Å². The van der Waals surface area contributed by atoms with Crippen LogP contribution in [0.5, 0.6) is 5.75 Å². The van der Waals surface area contributed by atoms with Crippen LogP contribution in [-0.4, -0.2) is 5.60 Å². The van der Waals surface area contributed by atoms with Gasteiger partial charge in [-0.1, -0.05) is 35.3 Å². The van der Waals surface area contributed by atoms with Crippen LogP contribution in [0.1, 0.15) is 31.4 Å².